The molecule has 6 rings (SSSR count). The van der Waals surface area contributed by atoms with Gasteiger partial charge in [0, 0.05) is 22.8 Å². The number of aliphatic carboxylic acids is 1. The van der Waals surface area contributed by atoms with Crippen LogP contribution in [0.3, 0.4) is 0 Å². The van der Waals surface area contributed by atoms with Gasteiger partial charge >= 0.3 is 5.97 Å². The maximum atomic E-state index is 13.1. The van der Waals surface area contributed by atoms with Gasteiger partial charge in [0.05, 0.1) is 11.8 Å². The zero-order valence-electron chi connectivity index (χ0n) is 18.6. The zero-order chi connectivity index (χ0) is 26.0. The van der Waals surface area contributed by atoms with Gasteiger partial charge in [-0.25, -0.2) is 0 Å². The summed E-state index contributed by atoms with van der Waals surface area (Å²) >= 11 is 0. The first-order valence-corrected chi connectivity index (χ1v) is 10.8. The zero-order valence-corrected chi connectivity index (χ0v) is 18.6. The van der Waals surface area contributed by atoms with Crippen LogP contribution in [0.1, 0.15) is 5.56 Å². The number of ether oxygens (including phenoxy) is 2. The second-order valence-electron chi connectivity index (χ2n) is 8.33. The number of fused-ring (bicyclic) bond motifs is 4. The van der Waals surface area contributed by atoms with Gasteiger partial charge in [-0.05, 0) is 36.4 Å². The summed E-state index contributed by atoms with van der Waals surface area (Å²) in [6, 6.07) is 9.54. The Hall–Kier alpha value is -5.32. The first-order chi connectivity index (χ1) is 17.7. The van der Waals surface area contributed by atoms with Crippen LogP contribution in [-0.2, 0) is 11.2 Å². The number of benzene rings is 3. The highest BCUT2D eigenvalue weighted by atomic mass is 16.7. The summed E-state index contributed by atoms with van der Waals surface area (Å²) in [6.45, 7) is 0.0314. The summed E-state index contributed by atoms with van der Waals surface area (Å²) < 4.78 is 22.6. The molecule has 0 aliphatic carbocycles. The van der Waals surface area contributed by atoms with E-state index in [0.29, 0.717) is 17.1 Å². The second kappa shape index (κ2) is 7.85. The van der Waals surface area contributed by atoms with E-state index in [1.165, 1.54) is 6.07 Å². The van der Waals surface area contributed by atoms with Crippen molar-refractivity contribution in [2.24, 2.45) is 0 Å². The molecule has 1 aliphatic rings. The smallest absolute Gasteiger partial charge is 0.307 e. The normalized spacial score (nSPS) is 12.4. The van der Waals surface area contributed by atoms with Gasteiger partial charge in [-0.3, -0.25) is 9.59 Å². The summed E-state index contributed by atoms with van der Waals surface area (Å²) in [5.41, 5.74) is -0.540. The molecule has 186 valence electrons. The van der Waals surface area contributed by atoms with Gasteiger partial charge in [-0.1, -0.05) is 0 Å². The van der Waals surface area contributed by atoms with E-state index in [9.17, 15) is 35.1 Å². The number of furan rings is 1. The Morgan fingerprint density at radius 3 is 2.27 bits per heavy atom. The van der Waals surface area contributed by atoms with Gasteiger partial charge in [0.25, 0.3) is 0 Å². The minimum absolute atomic E-state index is 0.0299. The van der Waals surface area contributed by atoms with Crippen LogP contribution >= 0.6 is 0 Å². The average Bonchev–Trinajstić information content (AvgIpc) is 3.46. The monoisotopic (exact) mass is 504 g/mol. The second-order valence-corrected chi connectivity index (χ2v) is 8.33. The molecular weight excluding hydrogens is 488 g/mol. The number of carboxylic acid groups (broad SMARTS) is 1. The van der Waals surface area contributed by atoms with E-state index in [-0.39, 0.29) is 51.4 Å². The van der Waals surface area contributed by atoms with Gasteiger partial charge in [0.2, 0.25) is 18.0 Å². The van der Waals surface area contributed by atoms with Crippen molar-refractivity contribution in [1.29, 1.82) is 0 Å². The lowest BCUT2D eigenvalue weighted by molar-refractivity contribution is -0.136. The SMILES string of the molecule is O=C(O)Cc1c(-c2ccc3c(c2)OCO3)oc2cc(O)c3c(=O)c(O)c(-c4ccc(O)c(O)c4)oc3c12. The molecule has 0 fully saturated rings. The number of phenols is 3. The molecule has 0 unspecified atom stereocenters. The van der Waals surface area contributed by atoms with E-state index in [2.05, 4.69) is 0 Å². The van der Waals surface area contributed by atoms with Crippen molar-refractivity contribution >= 4 is 27.9 Å². The Bertz CT molecular complexity index is 1830. The fourth-order valence-electron chi connectivity index (χ4n) is 4.42. The summed E-state index contributed by atoms with van der Waals surface area (Å²) in [4.78, 5) is 25.0. The first-order valence-electron chi connectivity index (χ1n) is 10.8. The Labute approximate surface area is 205 Å². The van der Waals surface area contributed by atoms with E-state index in [1.54, 1.807) is 18.2 Å². The van der Waals surface area contributed by atoms with Crippen LogP contribution < -0.4 is 14.9 Å². The molecule has 3 aromatic carbocycles. The summed E-state index contributed by atoms with van der Waals surface area (Å²) in [7, 11) is 0. The lowest BCUT2D eigenvalue weighted by Gasteiger charge is -2.09. The molecule has 0 saturated heterocycles. The van der Waals surface area contributed by atoms with Crippen molar-refractivity contribution in [3.8, 4) is 57.1 Å². The van der Waals surface area contributed by atoms with Crippen molar-refractivity contribution in [3.63, 3.8) is 0 Å². The minimum atomic E-state index is -1.20. The number of carboxylic acids is 1. The molecule has 2 aromatic heterocycles. The highest BCUT2D eigenvalue weighted by molar-refractivity contribution is 6.10. The number of aromatic hydroxyl groups is 4. The molecule has 0 amide bonds. The van der Waals surface area contributed by atoms with Crippen molar-refractivity contribution in [1.82, 2.24) is 0 Å². The molecule has 11 heteroatoms. The van der Waals surface area contributed by atoms with Gasteiger partial charge in [0.1, 0.15) is 22.5 Å². The minimum Gasteiger partial charge on any atom is -0.507 e. The molecule has 0 atom stereocenters. The number of carbonyl (C=O) groups is 1. The molecule has 1 aliphatic heterocycles. The van der Waals surface area contributed by atoms with E-state index in [1.807, 2.05) is 0 Å². The van der Waals surface area contributed by atoms with Crippen LogP contribution in [-0.4, -0.2) is 38.3 Å². The predicted octanol–water partition coefficient (Wildman–Crippen LogP) is 4.05. The van der Waals surface area contributed by atoms with Gasteiger partial charge in [-0.2, -0.15) is 0 Å². The Morgan fingerprint density at radius 1 is 0.784 bits per heavy atom. The third-order valence-corrected chi connectivity index (χ3v) is 6.07. The number of hydrogen-bond donors (Lipinski definition) is 5. The molecule has 0 radical (unpaired) electrons. The third-order valence-electron chi connectivity index (χ3n) is 6.07. The van der Waals surface area contributed by atoms with Crippen LogP contribution in [0.4, 0.5) is 0 Å². The standard InChI is InChI=1S/C26H16O11/c27-13-3-1-10(5-14(13)28)25-23(33)22(32)21-15(29)8-18-20(26(21)37-25)12(7-19(30)31)24(36-18)11-2-4-16-17(6-11)35-9-34-16/h1-6,8,27-29,33H,7,9H2,(H,30,31). The molecule has 3 heterocycles. The van der Waals surface area contributed by atoms with Crippen LogP contribution in [0.2, 0.25) is 0 Å². The Morgan fingerprint density at radius 2 is 1.51 bits per heavy atom. The lowest BCUT2D eigenvalue weighted by Crippen LogP contribution is -2.04. The van der Waals surface area contributed by atoms with E-state index >= 15 is 0 Å². The quantitative estimate of drug-likeness (QED) is 0.223. The van der Waals surface area contributed by atoms with Crippen molar-refractivity contribution in [3.05, 3.63) is 58.3 Å². The van der Waals surface area contributed by atoms with Crippen LogP contribution in [0.5, 0.6) is 34.5 Å². The Kier molecular flexibility index (Phi) is 4.70. The topological polar surface area (TPSA) is 180 Å². The molecular formula is C26H16O11. The molecule has 0 saturated carbocycles. The van der Waals surface area contributed by atoms with E-state index < -0.39 is 40.8 Å². The number of rotatable bonds is 4. The molecule has 0 spiro atoms. The van der Waals surface area contributed by atoms with E-state index in [4.69, 9.17) is 18.3 Å². The maximum absolute atomic E-state index is 13.1. The van der Waals surface area contributed by atoms with Gasteiger partial charge in [0.15, 0.2) is 34.3 Å². The average molecular weight is 504 g/mol. The largest absolute Gasteiger partial charge is 0.507 e. The van der Waals surface area contributed by atoms with Crippen LogP contribution in [0.25, 0.3) is 44.6 Å². The predicted molar refractivity (Wildman–Crippen MR) is 127 cm³/mol. The Balaban J connectivity index is 1.70. The molecule has 11 nitrogen and oxygen atoms in total. The third kappa shape index (κ3) is 3.36. The fraction of sp³-hybridized carbons (Fsp3) is 0.0769. The van der Waals surface area contributed by atoms with Crippen LogP contribution in [0, 0.1) is 0 Å². The van der Waals surface area contributed by atoms with Gasteiger partial charge < -0.3 is 43.8 Å². The summed E-state index contributed by atoms with van der Waals surface area (Å²) in [5, 5.41) is 50.1. The van der Waals surface area contributed by atoms with Crippen molar-refractivity contribution in [2.75, 3.05) is 6.79 Å². The van der Waals surface area contributed by atoms with E-state index in [0.717, 1.165) is 18.2 Å². The first kappa shape index (κ1) is 22.2. The molecule has 5 aromatic rings. The fourth-order valence-corrected chi connectivity index (χ4v) is 4.42. The summed E-state index contributed by atoms with van der Waals surface area (Å²) in [5.74, 6) is -2.86. The molecule has 5 N–H and O–H groups in total. The van der Waals surface area contributed by atoms with Crippen molar-refractivity contribution in [2.45, 2.75) is 6.42 Å². The lowest BCUT2D eigenvalue weighted by atomic mass is 10.00. The number of phenolic OH excluding ortho intramolecular Hbond substituents is 3. The van der Waals surface area contributed by atoms with Crippen molar-refractivity contribution < 1.29 is 48.6 Å². The van der Waals surface area contributed by atoms with Crippen LogP contribution in [0.15, 0.2) is 56.1 Å². The highest BCUT2D eigenvalue weighted by Gasteiger charge is 2.28. The highest BCUT2D eigenvalue weighted by Crippen LogP contribution is 2.45. The number of hydrogen-bond acceptors (Lipinski definition) is 10. The maximum Gasteiger partial charge on any atom is 0.307 e. The summed E-state index contributed by atoms with van der Waals surface area (Å²) in [6.07, 6.45) is -0.531. The molecule has 0 bridgehead atoms. The van der Waals surface area contributed by atoms with Gasteiger partial charge in [-0.15, -0.1) is 0 Å². The molecule has 37 heavy (non-hydrogen) atoms.